The molecule has 2 rings (SSSR count). The second kappa shape index (κ2) is 3.94. The van der Waals surface area contributed by atoms with Gasteiger partial charge in [0.15, 0.2) is 0 Å². The van der Waals surface area contributed by atoms with E-state index >= 15 is 0 Å². The Labute approximate surface area is 95.8 Å². The smallest absolute Gasteiger partial charge is 0.270 e. The minimum Gasteiger partial charge on any atom is -0.357 e. The van der Waals surface area contributed by atoms with Crippen molar-refractivity contribution in [1.29, 1.82) is 0 Å². The quantitative estimate of drug-likeness (QED) is 0.749. The zero-order chi connectivity index (χ0) is 11.8. The van der Waals surface area contributed by atoms with E-state index in [2.05, 4.69) is 18.8 Å². The maximum atomic E-state index is 12.1. The Bertz CT molecular complexity index is 370. The molecular weight excluding hydrogens is 202 g/mol. The van der Waals surface area contributed by atoms with Crippen LogP contribution in [0.3, 0.4) is 0 Å². The third-order valence-electron chi connectivity index (χ3n) is 3.43. The first-order valence-electron chi connectivity index (χ1n) is 5.69. The SMILES string of the molecule is CC1(C)CN(C(=O)c2ccc[nH]2)CCC1N. The van der Waals surface area contributed by atoms with Crippen molar-refractivity contribution < 1.29 is 4.79 Å². The molecule has 1 aromatic rings. The molecule has 4 nitrogen and oxygen atoms in total. The summed E-state index contributed by atoms with van der Waals surface area (Å²) in [6.07, 6.45) is 2.65. The van der Waals surface area contributed by atoms with E-state index in [9.17, 15) is 4.79 Å². The van der Waals surface area contributed by atoms with Gasteiger partial charge >= 0.3 is 0 Å². The lowest BCUT2D eigenvalue weighted by atomic mass is 9.79. The average molecular weight is 221 g/mol. The van der Waals surface area contributed by atoms with E-state index < -0.39 is 0 Å². The summed E-state index contributed by atoms with van der Waals surface area (Å²) >= 11 is 0. The molecular formula is C12H19N3O. The number of piperidine rings is 1. The molecule has 1 aromatic heterocycles. The van der Waals surface area contributed by atoms with Crippen LogP contribution in [0.4, 0.5) is 0 Å². The zero-order valence-corrected chi connectivity index (χ0v) is 9.86. The summed E-state index contributed by atoms with van der Waals surface area (Å²) in [6, 6.07) is 3.83. The number of carbonyl (C=O) groups excluding carboxylic acids is 1. The van der Waals surface area contributed by atoms with Crippen LogP contribution in [-0.4, -0.2) is 34.9 Å². The largest absolute Gasteiger partial charge is 0.357 e. The van der Waals surface area contributed by atoms with Gasteiger partial charge in [-0.15, -0.1) is 0 Å². The molecule has 4 heteroatoms. The van der Waals surface area contributed by atoms with E-state index in [-0.39, 0.29) is 17.4 Å². The number of nitrogens with two attached hydrogens (primary N) is 1. The van der Waals surface area contributed by atoms with Crippen molar-refractivity contribution in [3.05, 3.63) is 24.0 Å². The highest BCUT2D eigenvalue weighted by molar-refractivity contribution is 5.92. The van der Waals surface area contributed by atoms with Gasteiger partial charge in [0.25, 0.3) is 5.91 Å². The van der Waals surface area contributed by atoms with Gasteiger partial charge in [-0.25, -0.2) is 0 Å². The number of hydrogen-bond donors (Lipinski definition) is 2. The van der Waals surface area contributed by atoms with Crippen LogP contribution in [0.1, 0.15) is 30.8 Å². The lowest BCUT2D eigenvalue weighted by Gasteiger charge is -2.42. The van der Waals surface area contributed by atoms with Gasteiger partial charge in [-0.3, -0.25) is 4.79 Å². The predicted molar refractivity (Wildman–Crippen MR) is 63.1 cm³/mol. The molecule has 1 fully saturated rings. The maximum Gasteiger partial charge on any atom is 0.270 e. The maximum absolute atomic E-state index is 12.1. The summed E-state index contributed by atoms with van der Waals surface area (Å²) in [6.45, 7) is 5.71. The molecule has 0 bridgehead atoms. The summed E-state index contributed by atoms with van der Waals surface area (Å²) < 4.78 is 0. The van der Waals surface area contributed by atoms with Gasteiger partial charge < -0.3 is 15.6 Å². The molecule has 0 aromatic carbocycles. The second-order valence-electron chi connectivity index (χ2n) is 5.19. The monoisotopic (exact) mass is 221 g/mol. The van der Waals surface area contributed by atoms with Crippen LogP contribution < -0.4 is 5.73 Å². The van der Waals surface area contributed by atoms with Crippen LogP contribution in [0.2, 0.25) is 0 Å². The first-order valence-corrected chi connectivity index (χ1v) is 5.69. The molecule has 0 spiro atoms. The normalized spacial score (nSPS) is 24.4. The van der Waals surface area contributed by atoms with Crippen molar-refractivity contribution in [2.45, 2.75) is 26.3 Å². The number of nitrogens with one attached hydrogen (secondary N) is 1. The molecule has 1 aliphatic heterocycles. The minimum atomic E-state index is 0.000499. The third-order valence-corrected chi connectivity index (χ3v) is 3.43. The van der Waals surface area contributed by atoms with E-state index in [4.69, 9.17) is 5.73 Å². The summed E-state index contributed by atoms with van der Waals surface area (Å²) in [5.74, 6) is 0.0741. The Morgan fingerprint density at radius 3 is 2.94 bits per heavy atom. The van der Waals surface area contributed by atoms with Crippen LogP contribution >= 0.6 is 0 Å². The van der Waals surface area contributed by atoms with Gasteiger partial charge in [-0.2, -0.15) is 0 Å². The number of amides is 1. The standard InChI is InChI=1S/C12H19N3O/c1-12(2)8-15(7-5-10(12)13)11(16)9-4-3-6-14-9/h3-4,6,10,14H,5,7-8,13H2,1-2H3. The van der Waals surface area contributed by atoms with Gasteiger partial charge in [-0.05, 0) is 24.0 Å². The molecule has 0 aliphatic carbocycles. The van der Waals surface area contributed by atoms with Crippen LogP contribution in [0, 0.1) is 5.41 Å². The number of likely N-dealkylation sites (tertiary alicyclic amines) is 1. The number of aromatic amines is 1. The topological polar surface area (TPSA) is 62.1 Å². The molecule has 88 valence electrons. The van der Waals surface area contributed by atoms with Gasteiger partial charge in [0, 0.05) is 25.3 Å². The van der Waals surface area contributed by atoms with Crippen LogP contribution in [-0.2, 0) is 0 Å². The second-order valence-corrected chi connectivity index (χ2v) is 5.19. The molecule has 0 radical (unpaired) electrons. The number of rotatable bonds is 1. The van der Waals surface area contributed by atoms with Gasteiger partial charge in [-0.1, -0.05) is 13.8 Å². The Balaban J connectivity index is 2.10. The Kier molecular flexibility index (Phi) is 2.76. The lowest BCUT2D eigenvalue weighted by molar-refractivity contribution is 0.0528. The fourth-order valence-corrected chi connectivity index (χ4v) is 2.18. The lowest BCUT2D eigenvalue weighted by Crippen LogP contribution is -2.54. The average Bonchev–Trinajstić information content (AvgIpc) is 2.74. The van der Waals surface area contributed by atoms with E-state index in [1.807, 2.05) is 17.0 Å². The molecule has 3 N–H and O–H groups in total. The van der Waals surface area contributed by atoms with E-state index in [1.165, 1.54) is 0 Å². The van der Waals surface area contributed by atoms with Crippen molar-refractivity contribution in [1.82, 2.24) is 9.88 Å². The summed E-state index contributed by atoms with van der Waals surface area (Å²) in [4.78, 5) is 16.9. The highest BCUT2D eigenvalue weighted by atomic mass is 16.2. The Morgan fingerprint density at radius 1 is 1.62 bits per heavy atom. The summed E-state index contributed by atoms with van der Waals surface area (Å²) in [7, 11) is 0. The molecule has 1 unspecified atom stereocenters. The highest BCUT2D eigenvalue weighted by Gasteiger charge is 2.35. The van der Waals surface area contributed by atoms with Gasteiger partial charge in [0.05, 0.1) is 0 Å². The molecule has 2 heterocycles. The van der Waals surface area contributed by atoms with Crippen molar-refractivity contribution in [2.24, 2.45) is 11.1 Å². The molecule has 0 saturated carbocycles. The van der Waals surface area contributed by atoms with Gasteiger partial charge in [0.1, 0.15) is 5.69 Å². The fraction of sp³-hybridized carbons (Fsp3) is 0.583. The molecule has 16 heavy (non-hydrogen) atoms. The fourth-order valence-electron chi connectivity index (χ4n) is 2.18. The van der Waals surface area contributed by atoms with E-state index in [0.717, 1.165) is 19.5 Å². The predicted octanol–water partition coefficient (Wildman–Crippen LogP) is 1.21. The van der Waals surface area contributed by atoms with E-state index in [1.54, 1.807) is 6.20 Å². The number of carbonyl (C=O) groups is 1. The Morgan fingerprint density at radius 2 is 2.38 bits per heavy atom. The van der Waals surface area contributed by atoms with Crippen LogP contribution in [0.15, 0.2) is 18.3 Å². The first kappa shape index (κ1) is 11.2. The molecule has 1 aliphatic rings. The Hall–Kier alpha value is -1.29. The number of hydrogen-bond acceptors (Lipinski definition) is 2. The molecule has 1 saturated heterocycles. The van der Waals surface area contributed by atoms with Crippen molar-refractivity contribution >= 4 is 5.91 Å². The van der Waals surface area contributed by atoms with Crippen LogP contribution in [0.5, 0.6) is 0 Å². The van der Waals surface area contributed by atoms with Crippen molar-refractivity contribution in [3.63, 3.8) is 0 Å². The number of aromatic nitrogens is 1. The highest BCUT2D eigenvalue weighted by Crippen LogP contribution is 2.28. The minimum absolute atomic E-state index is 0.000499. The summed E-state index contributed by atoms with van der Waals surface area (Å²) in [5, 5.41) is 0. The van der Waals surface area contributed by atoms with Gasteiger partial charge in [0.2, 0.25) is 0 Å². The third kappa shape index (κ3) is 1.97. The van der Waals surface area contributed by atoms with E-state index in [0.29, 0.717) is 5.69 Å². The van der Waals surface area contributed by atoms with Crippen molar-refractivity contribution in [2.75, 3.05) is 13.1 Å². The molecule has 1 atom stereocenters. The number of nitrogens with zero attached hydrogens (tertiary/aromatic N) is 1. The zero-order valence-electron chi connectivity index (χ0n) is 9.86. The molecule has 1 amide bonds. The summed E-state index contributed by atoms with van der Waals surface area (Å²) in [5.41, 5.74) is 6.71. The first-order chi connectivity index (χ1) is 7.50. The van der Waals surface area contributed by atoms with Crippen molar-refractivity contribution in [3.8, 4) is 0 Å². The van der Waals surface area contributed by atoms with Crippen LogP contribution in [0.25, 0.3) is 0 Å². The number of H-pyrrole nitrogens is 1.